The molecule has 3 aromatic rings. The zero-order valence-electron chi connectivity index (χ0n) is 17.1. The maximum Gasteiger partial charge on any atom is 0.231 e. The number of carbonyl (C=O) groups is 1. The van der Waals surface area contributed by atoms with E-state index < -0.39 is 0 Å². The Kier molecular flexibility index (Phi) is 5.44. The Balaban J connectivity index is 1.53. The van der Waals surface area contributed by atoms with Crippen LogP contribution >= 0.6 is 0 Å². The van der Waals surface area contributed by atoms with E-state index in [-0.39, 0.29) is 11.5 Å². The van der Waals surface area contributed by atoms with Gasteiger partial charge in [0.05, 0.1) is 19.8 Å². The average Bonchev–Trinajstić information content (AvgIpc) is 3.08. The van der Waals surface area contributed by atoms with Crippen molar-refractivity contribution < 1.29 is 23.7 Å². The van der Waals surface area contributed by atoms with Gasteiger partial charge in [-0.2, -0.15) is 0 Å². The highest BCUT2D eigenvalue weighted by Crippen LogP contribution is 2.36. The second-order valence-corrected chi connectivity index (χ2v) is 6.98. The van der Waals surface area contributed by atoms with Crippen LogP contribution in [0.3, 0.4) is 0 Å². The highest BCUT2D eigenvalue weighted by Gasteiger charge is 2.28. The van der Waals surface area contributed by atoms with E-state index in [2.05, 4.69) is 0 Å². The summed E-state index contributed by atoms with van der Waals surface area (Å²) in [7, 11) is 3.16. The van der Waals surface area contributed by atoms with Gasteiger partial charge in [0.15, 0.2) is 5.76 Å². The first-order chi connectivity index (χ1) is 14.6. The normalized spacial score (nSPS) is 13.7. The largest absolute Gasteiger partial charge is 0.497 e. The smallest absolute Gasteiger partial charge is 0.231 e. The van der Waals surface area contributed by atoms with Crippen molar-refractivity contribution in [3.63, 3.8) is 0 Å². The van der Waals surface area contributed by atoms with E-state index >= 15 is 0 Å². The van der Waals surface area contributed by atoms with E-state index in [4.69, 9.17) is 18.9 Å². The van der Waals surface area contributed by atoms with Gasteiger partial charge in [-0.15, -0.1) is 0 Å². The van der Waals surface area contributed by atoms with E-state index in [1.54, 1.807) is 50.6 Å². The van der Waals surface area contributed by atoms with Crippen molar-refractivity contribution >= 4 is 11.9 Å². The Morgan fingerprint density at radius 3 is 2.40 bits per heavy atom. The van der Waals surface area contributed by atoms with Crippen molar-refractivity contribution in [1.82, 2.24) is 0 Å². The predicted molar refractivity (Wildman–Crippen MR) is 114 cm³/mol. The lowest BCUT2D eigenvalue weighted by Crippen LogP contribution is -1.99. The van der Waals surface area contributed by atoms with Crippen LogP contribution in [0.1, 0.15) is 27.0 Å². The summed E-state index contributed by atoms with van der Waals surface area (Å²) in [5.41, 5.74) is 3.52. The maximum atomic E-state index is 12.7. The van der Waals surface area contributed by atoms with Crippen LogP contribution in [-0.2, 0) is 6.61 Å². The number of hydrogen-bond acceptors (Lipinski definition) is 5. The van der Waals surface area contributed by atoms with Crippen molar-refractivity contribution in [2.45, 2.75) is 13.5 Å². The van der Waals surface area contributed by atoms with Gasteiger partial charge >= 0.3 is 0 Å². The Morgan fingerprint density at radius 2 is 1.67 bits per heavy atom. The zero-order valence-corrected chi connectivity index (χ0v) is 17.1. The molecule has 0 amide bonds. The molecule has 4 rings (SSSR count). The monoisotopic (exact) mass is 402 g/mol. The van der Waals surface area contributed by atoms with Crippen LogP contribution in [0.4, 0.5) is 0 Å². The van der Waals surface area contributed by atoms with E-state index in [1.165, 1.54) is 5.56 Å². The maximum absolute atomic E-state index is 12.7. The molecule has 0 aliphatic carbocycles. The van der Waals surface area contributed by atoms with Crippen LogP contribution in [0, 0.1) is 6.92 Å². The Hall–Kier alpha value is -3.73. The molecule has 0 atom stereocenters. The second kappa shape index (κ2) is 8.33. The fraction of sp³-hybridized carbons (Fsp3) is 0.160. The van der Waals surface area contributed by atoms with Crippen LogP contribution in [-0.4, -0.2) is 20.0 Å². The standard InChI is InChI=1S/C25H22O5/c1-16-4-6-17(7-5-16)15-29-20-10-11-21-23(14-20)30-24(25(21)26)12-18-8-9-19(27-2)13-22(18)28-3/h4-14H,15H2,1-3H3/b24-12-. The number of fused-ring (bicyclic) bond motifs is 1. The van der Waals surface area contributed by atoms with Gasteiger partial charge in [-0.1, -0.05) is 29.8 Å². The molecule has 1 heterocycles. The lowest BCUT2D eigenvalue weighted by molar-refractivity contribution is 0.101. The summed E-state index contributed by atoms with van der Waals surface area (Å²) >= 11 is 0. The van der Waals surface area contributed by atoms with E-state index in [0.717, 1.165) is 11.1 Å². The van der Waals surface area contributed by atoms with E-state index in [1.807, 2.05) is 37.3 Å². The molecule has 0 unspecified atom stereocenters. The van der Waals surface area contributed by atoms with Gasteiger partial charge in [-0.3, -0.25) is 4.79 Å². The van der Waals surface area contributed by atoms with E-state index in [0.29, 0.717) is 35.2 Å². The van der Waals surface area contributed by atoms with Crippen LogP contribution in [0.5, 0.6) is 23.0 Å². The van der Waals surface area contributed by atoms with Crippen LogP contribution in [0.25, 0.3) is 6.08 Å². The molecule has 152 valence electrons. The number of benzene rings is 3. The third-order valence-corrected chi connectivity index (χ3v) is 4.89. The number of methoxy groups -OCH3 is 2. The lowest BCUT2D eigenvalue weighted by Gasteiger charge is -2.08. The molecular formula is C25H22O5. The molecule has 0 saturated heterocycles. The average molecular weight is 402 g/mol. The molecule has 5 nitrogen and oxygen atoms in total. The second-order valence-electron chi connectivity index (χ2n) is 6.98. The fourth-order valence-electron chi connectivity index (χ4n) is 3.19. The summed E-state index contributed by atoms with van der Waals surface area (Å²) in [5, 5.41) is 0. The SMILES string of the molecule is COc1ccc(/C=C2\Oc3cc(OCc4ccc(C)cc4)ccc3C2=O)c(OC)c1. The van der Waals surface area contributed by atoms with Crippen molar-refractivity contribution in [3.8, 4) is 23.0 Å². The van der Waals surface area contributed by atoms with Crippen molar-refractivity contribution in [1.29, 1.82) is 0 Å². The van der Waals surface area contributed by atoms with Gasteiger partial charge in [0, 0.05) is 17.7 Å². The van der Waals surface area contributed by atoms with Crippen molar-refractivity contribution in [2.75, 3.05) is 14.2 Å². The highest BCUT2D eigenvalue weighted by atomic mass is 16.5. The molecular weight excluding hydrogens is 380 g/mol. The lowest BCUT2D eigenvalue weighted by atomic mass is 10.1. The van der Waals surface area contributed by atoms with Crippen LogP contribution < -0.4 is 18.9 Å². The number of aryl methyl sites for hydroxylation is 1. The fourth-order valence-corrected chi connectivity index (χ4v) is 3.19. The molecule has 3 aromatic carbocycles. The third-order valence-electron chi connectivity index (χ3n) is 4.89. The van der Waals surface area contributed by atoms with Gasteiger partial charge in [0.2, 0.25) is 5.78 Å². The number of rotatable bonds is 6. The molecule has 5 heteroatoms. The topological polar surface area (TPSA) is 54.0 Å². The van der Waals surface area contributed by atoms with Crippen LogP contribution in [0.15, 0.2) is 66.4 Å². The minimum atomic E-state index is -0.173. The molecule has 0 N–H and O–H groups in total. The molecule has 1 aliphatic heterocycles. The molecule has 0 bridgehead atoms. The molecule has 0 saturated carbocycles. The number of hydrogen-bond donors (Lipinski definition) is 0. The minimum absolute atomic E-state index is 0.173. The quantitative estimate of drug-likeness (QED) is 0.530. The minimum Gasteiger partial charge on any atom is -0.497 e. The summed E-state index contributed by atoms with van der Waals surface area (Å²) in [5.74, 6) is 2.46. The van der Waals surface area contributed by atoms with Gasteiger partial charge in [0.25, 0.3) is 0 Å². The van der Waals surface area contributed by atoms with Gasteiger partial charge in [0.1, 0.15) is 29.6 Å². The summed E-state index contributed by atoms with van der Waals surface area (Å²) in [6.45, 7) is 2.49. The Labute approximate surface area is 175 Å². The molecule has 0 fully saturated rings. The first kappa shape index (κ1) is 19.6. The Bertz CT molecular complexity index is 1110. The molecule has 0 radical (unpaired) electrons. The summed E-state index contributed by atoms with van der Waals surface area (Å²) in [6.07, 6.45) is 1.67. The number of carbonyl (C=O) groups excluding carboxylic acids is 1. The summed E-state index contributed by atoms with van der Waals surface area (Å²) < 4.78 is 22.3. The van der Waals surface area contributed by atoms with E-state index in [9.17, 15) is 4.79 Å². The number of ether oxygens (including phenoxy) is 4. The van der Waals surface area contributed by atoms with Crippen LogP contribution in [0.2, 0.25) is 0 Å². The molecule has 1 aliphatic rings. The first-order valence-electron chi connectivity index (χ1n) is 9.56. The zero-order chi connectivity index (χ0) is 21.1. The van der Waals surface area contributed by atoms with Crippen molar-refractivity contribution in [3.05, 3.63) is 88.7 Å². The number of allylic oxidation sites excluding steroid dienone is 1. The van der Waals surface area contributed by atoms with Crippen molar-refractivity contribution in [2.24, 2.45) is 0 Å². The summed E-state index contributed by atoms with van der Waals surface area (Å²) in [6, 6.07) is 18.8. The van der Waals surface area contributed by atoms with Gasteiger partial charge in [-0.25, -0.2) is 0 Å². The van der Waals surface area contributed by atoms with Gasteiger partial charge < -0.3 is 18.9 Å². The molecule has 30 heavy (non-hydrogen) atoms. The number of ketones is 1. The third kappa shape index (κ3) is 4.01. The predicted octanol–water partition coefficient (Wildman–Crippen LogP) is 5.21. The molecule has 0 aromatic heterocycles. The summed E-state index contributed by atoms with van der Waals surface area (Å²) in [4.78, 5) is 12.7. The Morgan fingerprint density at radius 1 is 0.900 bits per heavy atom. The first-order valence-corrected chi connectivity index (χ1v) is 9.56. The molecule has 0 spiro atoms. The van der Waals surface area contributed by atoms with Gasteiger partial charge in [-0.05, 0) is 42.8 Å². The highest BCUT2D eigenvalue weighted by molar-refractivity contribution is 6.14. The number of Topliss-reactive ketones (excluding diaryl/α,β-unsaturated/α-hetero) is 1.